The highest BCUT2D eigenvalue weighted by atomic mass is 16.7. The van der Waals surface area contributed by atoms with Gasteiger partial charge in [-0.1, -0.05) is 20.8 Å². The lowest BCUT2D eigenvalue weighted by Crippen LogP contribution is -2.41. The average Bonchev–Trinajstić information content (AvgIpc) is 1.88. The van der Waals surface area contributed by atoms with E-state index in [1.165, 1.54) is 0 Å². The molecule has 10 heavy (non-hydrogen) atoms. The highest BCUT2D eigenvalue weighted by molar-refractivity contribution is 6.63. The molecule has 1 saturated heterocycles. The molecule has 0 aromatic rings. The Bertz CT molecular complexity index is 107. The molecule has 6 heteroatoms. The summed E-state index contributed by atoms with van der Waals surface area (Å²) < 4.78 is 15.2. The summed E-state index contributed by atoms with van der Waals surface area (Å²) in [6, 6.07) is 0. The van der Waals surface area contributed by atoms with Crippen molar-refractivity contribution in [2.75, 3.05) is 0 Å². The van der Waals surface area contributed by atoms with E-state index < -0.39 is 0 Å². The normalized spacial score (nSPS) is 19.7. The number of hydrogen-bond acceptors (Lipinski definition) is 3. The molecule has 0 atom stereocenters. The molecule has 0 aromatic heterocycles. The summed E-state index contributed by atoms with van der Waals surface area (Å²) >= 11 is 0. The van der Waals surface area contributed by atoms with Gasteiger partial charge < -0.3 is 13.7 Å². The van der Waals surface area contributed by atoms with Gasteiger partial charge in [0.1, 0.15) is 0 Å². The van der Waals surface area contributed by atoms with Gasteiger partial charge in [-0.2, -0.15) is 0 Å². The maximum absolute atomic E-state index is 5.20. The summed E-state index contributed by atoms with van der Waals surface area (Å²) in [4.78, 5) is 0. The van der Waals surface area contributed by atoms with Crippen LogP contribution in [0.1, 0.15) is 20.8 Å². The fourth-order valence-electron chi connectivity index (χ4n) is 0.802. The Morgan fingerprint density at radius 3 is 1.90 bits per heavy atom. The first kappa shape index (κ1) is 8.17. The van der Waals surface area contributed by atoms with Crippen LogP contribution >= 0.6 is 0 Å². The van der Waals surface area contributed by atoms with E-state index in [1.54, 1.807) is 0 Å². The van der Waals surface area contributed by atoms with Crippen LogP contribution in [0.2, 0.25) is 5.31 Å². The van der Waals surface area contributed by atoms with Gasteiger partial charge in [0.15, 0.2) is 0 Å². The molecule has 0 amide bonds. The van der Waals surface area contributed by atoms with E-state index in [0.717, 1.165) is 0 Å². The van der Waals surface area contributed by atoms with Crippen LogP contribution in [-0.4, -0.2) is 22.5 Å². The van der Waals surface area contributed by atoms with Crippen LogP contribution in [-0.2, 0) is 13.7 Å². The second-order valence-electron chi connectivity index (χ2n) is 3.47. The average molecular weight is 140 g/mol. The van der Waals surface area contributed by atoms with Crippen molar-refractivity contribution in [2.45, 2.75) is 26.1 Å². The van der Waals surface area contributed by atoms with Gasteiger partial charge in [0, 0.05) is 0 Å². The van der Waals surface area contributed by atoms with E-state index in [0.29, 0.717) is 15.4 Å². The minimum absolute atomic E-state index is 0.0454. The van der Waals surface area contributed by atoms with Crippen LogP contribution in [0.3, 0.4) is 0 Å². The third-order valence-electron chi connectivity index (χ3n) is 1.31. The fourth-order valence-corrected chi connectivity index (χ4v) is 0.802. The van der Waals surface area contributed by atoms with Crippen molar-refractivity contribution in [3.05, 3.63) is 0 Å². The highest BCUT2D eigenvalue weighted by Crippen LogP contribution is 2.28. The summed E-state index contributed by atoms with van der Waals surface area (Å²) in [6.45, 7) is 6.22. The lowest BCUT2D eigenvalue weighted by molar-refractivity contribution is 0.298. The largest absolute Gasteiger partial charge is 0.458 e. The first-order valence-corrected chi connectivity index (χ1v) is 3.41. The van der Waals surface area contributed by atoms with Crippen LogP contribution in [0, 0.1) is 0 Å². The zero-order valence-electron chi connectivity index (χ0n) is 6.72. The predicted octanol–water partition coefficient (Wildman–Crippen LogP) is -0.129. The molecule has 1 heterocycles. The maximum Gasteiger partial charge on any atom is 0.434 e. The molecule has 1 aliphatic rings. The number of rotatable bonds is 0. The van der Waals surface area contributed by atoms with Crippen molar-refractivity contribution in [1.82, 2.24) is 0 Å². The molecule has 1 aliphatic heterocycles. The molecule has 0 spiro atoms. The summed E-state index contributed by atoms with van der Waals surface area (Å²) in [5, 5.41) is 0.0454. The summed E-state index contributed by atoms with van der Waals surface area (Å²) in [7, 11) is 0.574. The standard InChI is InChI=1S/C4H11B3O3/c1-4(2,3)7-9-5-8-6-10-7/h5-6H,1-3H3. The Morgan fingerprint density at radius 2 is 1.60 bits per heavy atom. The van der Waals surface area contributed by atoms with Gasteiger partial charge in [-0.05, 0) is 5.31 Å². The zero-order chi connectivity index (χ0) is 7.61. The van der Waals surface area contributed by atoms with Crippen molar-refractivity contribution >= 4 is 22.5 Å². The minimum atomic E-state index is -0.124. The summed E-state index contributed by atoms with van der Waals surface area (Å²) in [5.41, 5.74) is 0. The molecule has 1 fully saturated rings. The molecule has 3 nitrogen and oxygen atoms in total. The molecule has 0 bridgehead atoms. The molecule has 1 rings (SSSR count). The van der Waals surface area contributed by atoms with Gasteiger partial charge in [-0.15, -0.1) is 0 Å². The van der Waals surface area contributed by atoms with Crippen molar-refractivity contribution in [3.8, 4) is 0 Å². The van der Waals surface area contributed by atoms with E-state index in [9.17, 15) is 0 Å². The molecule has 0 radical (unpaired) electrons. The third kappa shape index (κ3) is 2.04. The maximum atomic E-state index is 5.20. The van der Waals surface area contributed by atoms with Crippen LogP contribution < -0.4 is 0 Å². The van der Waals surface area contributed by atoms with Gasteiger partial charge in [0.05, 0.1) is 0 Å². The van der Waals surface area contributed by atoms with Crippen LogP contribution in [0.25, 0.3) is 0 Å². The molecule has 54 valence electrons. The van der Waals surface area contributed by atoms with Crippen molar-refractivity contribution in [3.63, 3.8) is 0 Å². The summed E-state index contributed by atoms with van der Waals surface area (Å²) in [6.07, 6.45) is 0. The lowest BCUT2D eigenvalue weighted by atomic mass is 9.59. The number of hydrogen-bond donors (Lipinski definition) is 0. The lowest BCUT2D eigenvalue weighted by Gasteiger charge is -2.29. The Hall–Kier alpha value is 0.0748. The van der Waals surface area contributed by atoms with Crippen LogP contribution in [0.4, 0.5) is 0 Å². The van der Waals surface area contributed by atoms with Crippen LogP contribution in [0.5, 0.6) is 0 Å². The second kappa shape index (κ2) is 2.99. The molecular weight excluding hydrogens is 128 g/mol. The Balaban J connectivity index is 2.39. The minimum Gasteiger partial charge on any atom is -0.458 e. The first-order chi connectivity index (χ1) is 4.61. The van der Waals surface area contributed by atoms with Crippen LogP contribution in [0.15, 0.2) is 0 Å². The van der Waals surface area contributed by atoms with Gasteiger partial charge in [0.25, 0.3) is 0 Å². The smallest absolute Gasteiger partial charge is 0.434 e. The molecule has 0 saturated carbocycles. The highest BCUT2D eigenvalue weighted by Gasteiger charge is 2.35. The van der Waals surface area contributed by atoms with Crippen molar-refractivity contribution in [2.24, 2.45) is 0 Å². The second-order valence-corrected chi connectivity index (χ2v) is 3.47. The van der Waals surface area contributed by atoms with E-state index in [1.807, 2.05) is 0 Å². The topological polar surface area (TPSA) is 27.7 Å². The Labute approximate surface area is 63.2 Å². The zero-order valence-corrected chi connectivity index (χ0v) is 6.72. The van der Waals surface area contributed by atoms with Gasteiger partial charge in [-0.25, -0.2) is 0 Å². The Kier molecular flexibility index (Phi) is 2.44. The van der Waals surface area contributed by atoms with Crippen molar-refractivity contribution < 1.29 is 13.7 Å². The molecular formula is C4H11B3O3. The fraction of sp³-hybridized carbons (Fsp3) is 1.00. The van der Waals surface area contributed by atoms with Crippen molar-refractivity contribution in [1.29, 1.82) is 0 Å². The van der Waals surface area contributed by atoms with E-state index in [-0.39, 0.29) is 12.4 Å². The molecule has 0 unspecified atom stereocenters. The SMILES string of the molecule is CC(C)(C)B1OBOBO1. The summed E-state index contributed by atoms with van der Waals surface area (Å²) in [5.74, 6) is 0. The van der Waals surface area contributed by atoms with Gasteiger partial charge in [0.2, 0.25) is 0 Å². The van der Waals surface area contributed by atoms with Gasteiger partial charge in [-0.3, -0.25) is 0 Å². The molecule has 0 aromatic carbocycles. The quantitative estimate of drug-likeness (QED) is 0.438. The third-order valence-corrected chi connectivity index (χ3v) is 1.31. The predicted molar refractivity (Wildman–Crippen MR) is 43.0 cm³/mol. The molecule has 0 aliphatic carbocycles. The van der Waals surface area contributed by atoms with E-state index in [4.69, 9.17) is 13.7 Å². The monoisotopic (exact) mass is 140 g/mol. The van der Waals surface area contributed by atoms with E-state index in [2.05, 4.69) is 20.8 Å². The Morgan fingerprint density at radius 1 is 1.10 bits per heavy atom. The first-order valence-electron chi connectivity index (χ1n) is 3.41. The van der Waals surface area contributed by atoms with Gasteiger partial charge >= 0.3 is 22.5 Å². The van der Waals surface area contributed by atoms with E-state index >= 15 is 0 Å². The molecule has 0 N–H and O–H groups in total.